The van der Waals surface area contributed by atoms with E-state index in [0.29, 0.717) is 12.5 Å². The fourth-order valence-corrected chi connectivity index (χ4v) is 2.78. The monoisotopic (exact) mass is 334 g/mol. The van der Waals surface area contributed by atoms with E-state index in [2.05, 4.69) is 0 Å². The standard InChI is InChI=1S/C13H15ClO6S/c1-18-10-6-11(19-2)12(21(14,16)17)5-9(10)13(15)20-7-8-3-4-8/h5-6,8H,3-4,7H2,1-2H3. The molecule has 0 aliphatic heterocycles. The van der Waals surface area contributed by atoms with Gasteiger partial charge in [0.2, 0.25) is 0 Å². The van der Waals surface area contributed by atoms with Crippen molar-refractivity contribution in [3.05, 3.63) is 17.7 Å². The van der Waals surface area contributed by atoms with Crippen LogP contribution in [0.1, 0.15) is 23.2 Å². The maximum absolute atomic E-state index is 12.1. The Labute approximate surface area is 127 Å². The third kappa shape index (κ3) is 3.79. The number of carbonyl (C=O) groups excluding carboxylic acids is 1. The zero-order valence-electron chi connectivity index (χ0n) is 11.6. The molecule has 0 bridgehead atoms. The second-order valence-corrected chi connectivity index (χ2v) is 7.22. The first-order chi connectivity index (χ1) is 9.86. The Balaban J connectivity index is 2.39. The van der Waals surface area contributed by atoms with Gasteiger partial charge in [0.15, 0.2) is 0 Å². The minimum atomic E-state index is -4.06. The number of esters is 1. The van der Waals surface area contributed by atoms with Gasteiger partial charge in [0.05, 0.1) is 20.8 Å². The van der Waals surface area contributed by atoms with E-state index in [9.17, 15) is 13.2 Å². The molecule has 1 saturated carbocycles. The number of ether oxygens (including phenoxy) is 3. The van der Waals surface area contributed by atoms with Crippen LogP contribution in [0.15, 0.2) is 17.0 Å². The van der Waals surface area contributed by atoms with E-state index in [-0.39, 0.29) is 22.0 Å². The van der Waals surface area contributed by atoms with Gasteiger partial charge >= 0.3 is 5.97 Å². The van der Waals surface area contributed by atoms with Gasteiger partial charge in [0.25, 0.3) is 9.05 Å². The Bertz CT molecular complexity index is 651. The summed E-state index contributed by atoms with van der Waals surface area (Å²) in [5.41, 5.74) is -0.00169. The number of benzene rings is 1. The summed E-state index contributed by atoms with van der Waals surface area (Å²) in [7, 11) is 3.95. The van der Waals surface area contributed by atoms with E-state index < -0.39 is 15.0 Å². The zero-order valence-corrected chi connectivity index (χ0v) is 13.2. The average Bonchev–Trinajstić information content (AvgIpc) is 3.26. The van der Waals surface area contributed by atoms with E-state index >= 15 is 0 Å². The van der Waals surface area contributed by atoms with Gasteiger partial charge in [-0.05, 0) is 24.8 Å². The zero-order chi connectivity index (χ0) is 15.6. The van der Waals surface area contributed by atoms with Gasteiger partial charge in [-0.1, -0.05) is 0 Å². The first kappa shape index (κ1) is 15.9. The van der Waals surface area contributed by atoms with Crippen LogP contribution in [0.4, 0.5) is 0 Å². The number of methoxy groups -OCH3 is 2. The van der Waals surface area contributed by atoms with Crippen LogP contribution in [0, 0.1) is 5.92 Å². The highest BCUT2D eigenvalue weighted by atomic mass is 35.7. The third-order valence-corrected chi connectivity index (χ3v) is 4.46. The number of hydrogen-bond donors (Lipinski definition) is 0. The van der Waals surface area contributed by atoms with Crippen LogP contribution in [0.5, 0.6) is 11.5 Å². The maximum Gasteiger partial charge on any atom is 0.341 e. The maximum atomic E-state index is 12.1. The Morgan fingerprint density at radius 3 is 2.33 bits per heavy atom. The first-order valence-corrected chi connectivity index (χ1v) is 8.55. The molecule has 0 aromatic heterocycles. The number of halogens is 1. The quantitative estimate of drug-likeness (QED) is 0.586. The van der Waals surface area contributed by atoms with E-state index in [1.54, 1.807) is 0 Å². The van der Waals surface area contributed by atoms with Crippen molar-refractivity contribution in [2.45, 2.75) is 17.7 Å². The van der Waals surface area contributed by atoms with Crippen LogP contribution in [-0.4, -0.2) is 35.2 Å². The van der Waals surface area contributed by atoms with E-state index in [1.165, 1.54) is 20.3 Å². The number of hydrogen-bond acceptors (Lipinski definition) is 6. The molecular weight excluding hydrogens is 320 g/mol. The van der Waals surface area contributed by atoms with E-state index in [1.807, 2.05) is 0 Å². The van der Waals surface area contributed by atoms with Gasteiger partial charge in [0.1, 0.15) is 22.0 Å². The summed E-state index contributed by atoms with van der Waals surface area (Å²) in [4.78, 5) is 11.8. The van der Waals surface area contributed by atoms with Crippen LogP contribution in [-0.2, 0) is 13.8 Å². The van der Waals surface area contributed by atoms with E-state index in [0.717, 1.165) is 18.9 Å². The molecule has 1 aromatic rings. The molecule has 0 heterocycles. The van der Waals surface area contributed by atoms with Crippen molar-refractivity contribution in [3.63, 3.8) is 0 Å². The molecule has 1 aliphatic carbocycles. The Hall–Kier alpha value is -1.47. The van der Waals surface area contributed by atoms with Crippen LogP contribution in [0.2, 0.25) is 0 Å². The summed E-state index contributed by atoms with van der Waals surface area (Å²) >= 11 is 0. The molecule has 0 N–H and O–H groups in total. The van der Waals surface area contributed by atoms with Gasteiger partial charge in [-0.25, -0.2) is 13.2 Å². The average molecular weight is 335 g/mol. The lowest BCUT2D eigenvalue weighted by molar-refractivity contribution is 0.0482. The highest BCUT2D eigenvalue weighted by Gasteiger charge is 2.27. The topological polar surface area (TPSA) is 78.9 Å². The predicted octanol–water partition coefficient (Wildman–Crippen LogP) is 2.20. The van der Waals surface area contributed by atoms with Crippen LogP contribution < -0.4 is 9.47 Å². The van der Waals surface area contributed by atoms with Crippen molar-refractivity contribution in [1.29, 1.82) is 0 Å². The van der Waals surface area contributed by atoms with Crippen LogP contribution in [0.25, 0.3) is 0 Å². The third-order valence-electron chi connectivity index (χ3n) is 3.12. The van der Waals surface area contributed by atoms with Crippen molar-refractivity contribution in [3.8, 4) is 11.5 Å². The van der Waals surface area contributed by atoms with Crippen LogP contribution in [0.3, 0.4) is 0 Å². The molecule has 0 spiro atoms. The number of rotatable bonds is 6. The molecule has 6 nitrogen and oxygen atoms in total. The second kappa shape index (κ2) is 6.11. The Morgan fingerprint density at radius 1 is 1.24 bits per heavy atom. The largest absolute Gasteiger partial charge is 0.496 e. The molecule has 116 valence electrons. The predicted molar refractivity (Wildman–Crippen MR) is 75.6 cm³/mol. The lowest BCUT2D eigenvalue weighted by Crippen LogP contribution is -2.11. The lowest BCUT2D eigenvalue weighted by atomic mass is 10.2. The molecule has 0 atom stereocenters. The summed E-state index contributed by atoms with van der Waals surface area (Å²) in [6.07, 6.45) is 2.07. The highest BCUT2D eigenvalue weighted by Crippen LogP contribution is 2.35. The molecule has 0 amide bonds. The van der Waals surface area contributed by atoms with Crippen LogP contribution >= 0.6 is 10.7 Å². The van der Waals surface area contributed by atoms with Gasteiger partial charge in [-0.15, -0.1) is 0 Å². The van der Waals surface area contributed by atoms with Crippen molar-refractivity contribution >= 4 is 25.7 Å². The lowest BCUT2D eigenvalue weighted by Gasteiger charge is -2.13. The molecule has 0 radical (unpaired) electrons. The first-order valence-electron chi connectivity index (χ1n) is 6.24. The summed E-state index contributed by atoms with van der Waals surface area (Å²) in [6.45, 7) is 0.316. The Morgan fingerprint density at radius 2 is 1.86 bits per heavy atom. The fourth-order valence-electron chi connectivity index (χ4n) is 1.78. The van der Waals surface area contributed by atoms with Gasteiger partial charge in [0, 0.05) is 16.7 Å². The second-order valence-electron chi connectivity index (χ2n) is 4.68. The fraction of sp³-hybridized carbons (Fsp3) is 0.462. The summed E-state index contributed by atoms with van der Waals surface area (Å²) in [5.74, 6) is -0.0882. The minimum Gasteiger partial charge on any atom is -0.496 e. The van der Waals surface area contributed by atoms with Gasteiger partial charge in [-0.3, -0.25) is 0 Å². The molecule has 0 unspecified atom stereocenters. The van der Waals surface area contributed by atoms with Gasteiger partial charge < -0.3 is 14.2 Å². The number of carbonyl (C=O) groups is 1. The summed E-state index contributed by atoms with van der Waals surface area (Å²) in [5, 5.41) is 0. The molecule has 1 aromatic carbocycles. The molecule has 2 rings (SSSR count). The Kier molecular flexibility index (Phi) is 4.63. The minimum absolute atomic E-state index is 0.000549. The molecular formula is C13H15ClO6S. The van der Waals surface area contributed by atoms with Crippen molar-refractivity contribution in [1.82, 2.24) is 0 Å². The highest BCUT2D eigenvalue weighted by molar-refractivity contribution is 8.13. The molecule has 8 heteroatoms. The van der Waals surface area contributed by atoms with Crippen molar-refractivity contribution < 1.29 is 27.4 Å². The molecule has 0 saturated heterocycles. The van der Waals surface area contributed by atoms with Crippen molar-refractivity contribution in [2.24, 2.45) is 5.92 Å². The van der Waals surface area contributed by atoms with Gasteiger partial charge in [-0.2, -0.15) is 0 Å². The molecule has 1 aliphatic rings. The summed E-state index contributed by atoms with van der Waals surface area (Å²) in [6, 6.07) is 2.40. The van der Waals surface area contributed by atoms with Crippen molar-refractivity contribution in [2.75, 3.05) is 20.8 Å². The van der Waals surface area contributed by atoms with E-state index in [4.69, 9.17) is 24.9 Å². The normalized spacial score (nSPS) is 14.6. The SMILES string of the molecule is COc1cc(OC)c(S(=O)(=O)Cl)cc1C(=O)OCC1CC1. The summed E-state index contributed by atoms with van der Waals surface area (Å²) < 4.78 is 38.3. The molecule has 1 fully saturated rings. The smallest absolute Gasteiger partial charge is 0.341 e. The molecule has 21 heavy (non-hydrogen) atoms.